The zero-order chi connectivity index (χ0) is 13.8. The van der Waals surface area contributed by atoms with Crippen LogP contribution in [0.5, 0.6) is 0 Å². The number of halogens is 1. The van der Waals surface area contributed by atoms with Crippen LogP contribution in [0.4, 0.5) is 10.1 Å². The van der Waals surface area contributed by atoms with Crippen LogP contribution in [0.25, 0.3) is 0 Å². The molecule has 2 aromatic rings. The molecule has 4 nitrogen and oxygen atoms in total. The quantitative estimate of drug-likeness (QED) is 0.917. The first kappa shape index (κ1) is 13.0. The number of pyridine rings is 1. The number of hydrogen-bond donors (Lipinski definition) is 1. The molecule has 0 saturated carbocycles. The van der Waals surface area contributed by atoms with Crippen molar-refractivity contribution in [2.45, 2.75) is 6.54 Å². The average Bonchev–Trinajstić information content (AvgIpc) is 2.41. The number of carboxylic acids is 1. The number of hydrogen-bond acceptors (Lipinski definition) is 3. The van der Waals surface area contributed by atoms with E-state index in [2.05, 4.69) is 4.98 Å². The maximum Gasteiger partial charge on any atom is 0.354 e. The molecule has 0 atom stereocenters. The third-order valence-electron chi connectivity index (χ3n) is 2.74. The maximum atomic E-state index is 12.8. The number of anilines is 1. The first-order chi connectivity index (χ1) is 9.06. The average molecular weight is 260 g/mol. The van der Waals surface area contributed by atoms with E-state index in [1.807, 2.05) is 11.9 Å². The second-order valence-electron chi connectivity index (χ2n) is 4.19. The summed E-state index contributed by atoms with van der Waals surface area (Å²) in [5.74, 6) is -1.33. The van der Waals surface area contributed by atoms with Crippen molar-refractivity contribution < 1.29 is 14.3 Å². The third kappa shape index (κ3) is 3.28. The molecule has 0 saturated heterocycles. The Labute approximate surface area is 110 Å². The Kier molecular flexibility index (Phi) is 3.75. The first-order valence-electron chi connectivity index (χ1n) is 5.71. The van der Waals surface area contributed by atoms with Crippen LogP contribution in [0.15, 0.2) is 42.6 Å². The molecule has 2 rings (SSSR count). The minimum atomic E-state index is -1.06. The molecule has 98 valence electrons. The summed E-state index contributed by atoms with van der Waals surface area (Å²) in [4.78, 5) is 16.5. The van der Waals surface area contributed by atoms with Gasteiger partial charge in [-0.15, -0.1) is 0 Å². The summed E-state index contributed by atoms with van der Waals surface area (Å²) >= 11 is 0. The smallest absolute Gasteiger partial charge is 0.354 e. The monoisotopic (exact) mass is 260 g/mol. The summed E-state index contributed by atoms with van der Waals surface area (Å²) in [6, 6.07) is 9.44. The molecule has 0 aliphatic heterocycles. The largest absolute Gasteiger partial charge is 0.477 e. The lowest BCUT2D eigenvalue weighted by Crippen LogP contribution is -2.17. The van der Waals surface area contributed by atoms with Crippen molar-refractivity contribution in [2.24, 2.45) is 0 Å². The normalized spacial score (nSPS) is 10.2. The van der Waals surface area contributed by atoms with Gasteiger partial charge >= 0.3 is 5.97 Å². The van der Waals surface area contributed by atoms with Crippen molar-refractivity contribution in [3.05, 3.63) is 59.7 Å². The van der Waals surface area contributed by atoms with Crippen LogP contribution in [0, 0.1) is 5.82 Å². The van der Waals surface area contributed by atoms with Gasteiger partial charge in [0, 0.05) is 25.5 Å². The molecular weight excluding hydrogens is 247 g/mol. The zero-order valence-electron chi connectivity index (χ0n) is 10.4. The minimum Gasteiger partial charge on any atom is -0.477 e. The molecule has 19 heavy (non-hydrogen) atoms. The second kappa shape index (κ2) is 5.48. The van der Waals surface area contributed by atoms with E-state index in [1.54, 1.807) is 18.2 Å². The molecule has 1 aromatic carbocycles. The standard InChI is InChI=1S/C14H13FN2O2/c1-17(9-10-2-4-11(15)5-3-10)12-6-7-16-13(8-12)14(18)19/h2-8H,9H2,1H3,(H,18,19). The maximum absolute atomic E-state index is 12.8. The summed E-state index contributed by atoms with van der Waals surface area (Å²) in [5.41, 5.74) is 1.69. The number of benzene rings is 1. The summed E-state index contributed by atoms with van der Waals surface area (Å²) in [7, 11) is 1.84. The van der Waals surface area contributed by atoms with Crippen LogP contribution in [0.1, 0.15) is 16.1 Å². The summed E-state index contributed by atoms with van der Waals surface area (Å²) < 4.78 is 12.8. The molecule has 0 aliphatic rings. The van der Waals surface area contributed by atoms with E-state index >= 15 is 0 Å². The molecule has 5 heteroatoms. The fraction of sp³-hybridized carbons (Fsp3) is 0.143. The van der Waals surface area contributed by atoms with Gasteiger partial charge in [-0.05, 0) is 29.8 Å². The number of carboxylic acid groups (broad SMARTS) is 1. The lowest BCUT2D eigenvalue weighted by molar-refractivity contribution is 0.0690. The van der Waals surface area contributed by atoms with E-state index in [1.165, 1.54) is 24.4 Å². The van der Waals surface area contributed by atoms with Gasteiger partial charge in [0.1, 0.15) is 11.5 Å². The Morgan fingerprint density at radius 1 is 1.32 bits per heavy atom. The predicted octanol–water partition coefficient (Wildman–Crippen LogP) is 2.56. The van der Waals surface area contributed by atoms with Gasteiger partial charge in [0.15, 0.2) is 0 Å². The summed E-state index contributed by atoms with van der Waals surface area (Å²) in [5, 5.41) is 8.89. The molecule has 0 unspecified atom stereocenters. The van der Waals surface area contributed by atoms with Crippen LogP contribution < -0.4 is 4.90 Å². The van der Waals surface area contributed by atoms with Crippen molar-refractivity contribution in [3.63, 3.8) is 0 Å². The van der Waals surface area contributed by atoms with Gasteiger partial charge in [0.05, 0.1) is 0 Å². The Hall–Kier alpha value is -2.43. The zero-order valence-corrected chi connectivity index (χ0v) is 10.4. The van der Waals surface area contributed by atoms with Gasteiger partial charge in [-0.3, -0.25) is 0 Å². The van der Waals surface area contributed by atoms with E-state index in [0.29, 0.717) is 6.54 Å². The first-order valence-corrected chi connectivity index (χ1v) is 5.71. The van der Waals surface area contributed by atoms with Crippen LogP contribution in [-0.4, -0.2) is 23.1 Å². The predicted molar refractivity (Wildman–Crippen MR) is 69.7 cm³/mol. The lowest BCUT2D eigenvalue weighted by Gasteiger charge is -2.19. The van der Waals surface area contributed by atoms with Crippen molar-refractivity contribution in [1.29, 1.82) is 0 Å². The van der Waals surface area contributed by atoms with Crippen LogP contribution in [0.2, 0.25) is 0 Å². The fourth-order valence-corrected chi connectivity index (χ4v) is 1.73. The van der Waals surface area contributed by atoms with Gasteiger partial charge in [0.2, 0.25) is 0 Å². The number of rotatable bonds is 4. The topological polar surface area (TPSA) is 53.4 Å². The Bertz CT molecular complexity index is 584. The summed E-state index contributed by atoms with van der Waals surface area (Å²) in [6.45, 7) is 0.559. The molecule has 0 amide bonds. The molecule has 1 aromatic heterocycles. The molecule has 1 heterocycles. The van der Waals surface area contributed by atoms with Gasteiger partial charge in [0.25, 0.3) is 0 Å². The number of nitrogens with zero attached hydrogens (tertiary/aromatic N) is 2. The Morgan fingerprint density at radius 2 is 2.00 bits per heavy atom. The van der Waals surface area contributed by atoms with Gasteiger partial charge in [-0.2, -0.15) is 0 Å². The SMILES string of the molecule is CN(Cc1ccc(F)cc1)c1ccnc(C(=O)O)c1. The molecule has 0 radical (unpaired) electrons. The lowest BCUT2D eigenvalue weighted by atomic mass is 10.2. The molecule has 0 fully saturated rings. The van der Waals surface area contributed by atoms with Crippen molar-refractivity contribution in [3.8, 4) is 0 Å². The minimum absolute atomic E-state index is 0.00320. The second-order valence-corrected chi connectivity index (χ2v) is 4.19. The van der Waals surface area contributed by atoms with Crippen LogP contribution >= 0.6 is 0 Å². The highest BCUT2D eigenvalue weighted by Crippen LogP contribution is 2.16. The highest BCUT2D eigenvalue weighted by molar-refractivity contribution is 5.86. The number of aromatic nitrogens is 1. The Morgan fingerprint density at radius 3 is 2.63 bits per heavy atom. The van der Waals surface area contributed by atoms with Crippen LogP contribution in [0.3, 0.4) is 0 Å². The van der Waals surface area contributed by atoms with Crippen LogP contribution in [-0.2, 0) is 6.54 Å². The third-order valence-corrected chi connectivity index (χ3v) is 2.74. The molecular formula is C14H13FN2O2. The van der Waals surface area contributed by atoms with Crippen molar-refractivity contribution in [2.75, 3.05) is 11.9 Å². The molecule has 0 aliphatic carbocycles. The number of aromatic carboxylic acids is 1. The van der Waals surface area contributed by atoms with Gasteiger partial charge < -0.3 is 10.0 Å². The van der Waals surface area contributed by atoms with E-state index < -0.39 is 5.97 Å². The van der Waals surface area contributed by atoms with Crippen molar-refractivity contribution in [1.82, 2.24) is 4.98 Å². The molecule has 0 spiro atoms. The van der Waals surface area contributed by atoms with E-state index in [9.17, 15) is 9.18 Å². The van der Waals surface area contributed by atoms with Crippen molar-refractivity contribution >= 4 is 11.7 Å². The summed E-state index contributed by atoms with van der Waals surface area (Å²) in [6.07, 6.45) is 1.46. The fourth-order valence-electron chi connectivity index (χ4n) is 1.73. The molecule has 0 bridgehead atoms. The van der Waals surface area contributed by atoms with Gasteiger partial charge in [-0.25, -0.2) is 14.2 Å². The van der Waals surface area contributed by atoms with E-state index in [-0.39, 0.29) is 11.5 Å². The van der Waals surface area contributed by atoms with Gasteiger partial charge in [-0.1, -0.05) is 12.1 Å². The molecule has 1 N–H and O–H groups in total. The highest BCUT2D eigenvalue weighted by atomic mass is 19.1. The Balaban J connectivity index is 2.15. The number of carbonyl (C=O) groups is 1. The highest BCUT2D eigenvalue weighted by Gasteiger charge is 2.08. The van der Waals surface area contributed by atoms with E-state index in [0.717, 1.165) is 11.3 Å². The van der Waals surface area contributed by atoms with E-state index in [4.69, 9.17) is 5.11 Å².